The summed E-state index contributed by atoms with van der Waals surface area (Å²) in [6.07, 6.45) is 1.72. The quantitative estimate of drug-likeness (QED) is 0.488. The highest BCUT2D eigenvalue weighted by molar-refractivity contribution is 5.70. The fourth-order valence-electron chi connectivity index (χ4n) is 3.99. The molecule has 9 heteroatoms. The maximum absolute atomic E-state index is 9.56. The topological polar surface area (TPSA) is 105 Å². The second kappa shape index (κ2) is 9.29. The molecule has 0 radical (unpaired) electrons. The zero-order chi connectivity index (χ0) is 23.5. The minimum Gasteiger partial charge on any atom is -0.378 e. The van der Waals surface area contributed by atoms with Gasteiger partial charge in [-0.1, -0.05) is 0 Å². The molecule has 1 aliphatic heterocycles. The molecule has 0 aliphatic carbocycles. The molecule has 1 saturated heterocycles. The average Bonchev–Trinajstić information content (AvgIpc) is 3.22. The number of hydrogen-bond donors (Lipinski definition) is 1. The maximum Gasteiger partial charge on any atom is 0.227 e. The summed E-state index contributed by atoms with van der Waals surface area (Å²) in [6.45, 7) is 6.77. The summed E-state index contributed by atoms with van der Waals surface area (Å²) in [6, 6.07) is 17.8. The van der Waals surface area contributed by atoms with Gasteiger partial charge in [-0.05, 0) is 62.4 Å². The van der Waals surface area contributed by atoms with Crippen molar-refractivity contribution in [2.45, 2.75) is 13.8 Å². The van der Waals surface area contributed by atoms with E-state index in [9.17, 15) is 5.26 Å². The number of nitriles is 1. The highest BCUT2D eigenvalue weighted by Gasteiger charge is 2.14. The fourth-order valence-corrected chi connectivity index (χ4v) is 3.99. The summed E-state index contributed by atoms with van der Waals surface area (Å²) in [7, 11) is 0. The summed E-state index contributed by atoms with van der Waals surface area (Å²) in [5.41, 5.74) is 5.01. The van der Waals surface area contributed by atoms with Crippen LogP contribution >= 0.6 is 0 Å². The van der Waals surface area contributed by atoms with E-state index in [1.165, 1.54) is 0 Å². The number of anilines is 3. The van der Waals surface area contributed by atoms with Crippen LogP contribution in [0.5, 0.6) is 0 Å². The molecular weight excluding hydrogens is 428 g/mol. The Balaban J connectivity index is 1.39. The van der Waals surface area contributed by atoms with Crippen LogP contribution in [0, 0.1) is 25.2 Å². The van der Waals surface area contributed by atoms with Crippen molar-refractivity contribution in [3.8, 4) is 23.0 Å². The predicted octanol–water partition coefficient (Wildman–Crippen LogP) is 3.79. The number of aryl methyl sites for hydroxylation is 2. The van der Waals surface area contributed by atoms with E-state index in [-0.39, 0.29) is 0 Å². The first-order valence-corrected chi connectivity index (χ1v) is 11.1. The molecule has 2 aromatic carbocycles. The Morgan fingerprint density at radius 3 is 2.47 bits per heavy atom. The standard InChI is InChI=1S/C25H24N8O/c1-17-28-18(2)33(31-17)22-5-3-21(4-6-22)29-25-27-8-7-24(30-25)20-13-19(16-26)14-23(15-20)32-9-11-34-12-10-32/h3-8,13-15H,9-12H2,1-2H3,(H,27,29,30). The van der Waals surface area contributed by atoms with Crippen LogP contribution in [0.25, 0.3) is 16.9 Å². The van der Waals surface area contributed by atoms with Crippen molar-refractivity contribution in [2.24, 2.45) is 0 Å². The number of rotatable bonds is 5. The van der Waals surface area contributed by atoms with Crippen molar-refractivity contribution in [1.82, 2.24) is 24.7 Å². The van der Waals surface area contributed by atoms with E-state index in [1.54, 1.807) is 6.20 Å². The number of nitrogens with zero attached hydrogens (tertiary/aromatic N) is 7. The number of hydrogen-bond acceptors (Lipinski definition) is 8. The highest BCUT2D eigenvalue weighted by Crippen LogP contribution is 2.27. The summed E-state index contributed by atoms with van der Waals surface area (Å²) in [4.78, 5) is 15.6. The van der Waals surface area contributed by atoms with E-state index in [4.69, 9.17) is 9.72 Å². The van der Waals surface area contributed by atoms with E-state index in [0.717, 1.165) is 53.1 Å². The smallest absolute Gasteiger partial charge is 0.227 e. The molecule has 5 rings (SSSR count). The van der Waals surface area contributed by atoms with Gasteiger partial charge in [-0.25, -0.2) is 19.6 Å². The van der Waals surface area contributed by atoms with E-state index in [2.05, 4.69) is 37.4 Å². The van der Waals surface area contributed by atoms with E-state index in [1.807, 2.05) is 61.0 Å². The van der Waals surface area contributed by atoms with Crippen LogP contribution in [0.3, 0.4) is 0 Å². The largest absolute Gasteiger partial charge is 0.378 e. The highest BCUT2D eigenvalue weighted by atomic mass is 16.5. The first kappa shape index (κ1) is 21.6. The monoisotopic (exact) mass is 452 g/mol. The van der Waals surface area contributed by atoms with E-state index < -0.39 is 0 Å². The Morgan fingerprint density at radius 2 is 1.76 bits per heavy atom. The first-order chi connectivity index (χ1) is 16.6. The zero-order valence-corrected chi connectivity index (χ0v) is 19.1. The van der Waals surface area contributed by atoms with Crippen molar-refractivity contribution in [1.29, 1.82) is 5.26 Å². The lowest BCUT2D eigenvalue weighted by atomic mass is 10.1. The van der Waals surface area contributed by atoms with Crippen molar-refractivity contribution in [2.75, 3.05) is 36.5 Å². The van der Waals surface area contributed by atoms with Gasteiger partial charge in [0.15, 0.2) is 0 Å². The van der Waals surface area contributed by atoms with Crippen molar-refractivity contribution in [3.63, 3.8) is 0 Å². The summed E-state index contributed by atoms with van der Waals surface area (Å²) >= 11 is 0. The molecule has 0 bridgehead atoms. The van der Waals surface area contributed by atoms with Gasteiger partial charge in [0.25, 0.3) is 0 Å². The molecule has 1 fully saturated rings. The second-order valence-corrected chi connectivity index (χ2v) is 8.04. The lowest BCUT2D eigenvalue weighted by Gasteiger charge is -2.29. The zero-order valence-electron chi connectivity index (χ0n) is 19.1. The van der Waals surface area contributed by atoms with Crippen LogP contribution in [0.4, 0.5) is 17.3 Å². The Labute approximate surface area is 197 Å². The first-order valence-electron chi connectivity index (χ1n) is 11.1. The summed E-state index contributed by atoms with van der Waals surface area (Å²) in [5.74, 6) is 2.06. The molecule has 0 amide bonds. The van der Waals surface area contributed by atoms with Crippen molar-refractivity contribution in [3.05, 3.63) is 71.9 Å². The Bertz CT molecular complexity index is 1350. The lowest BCUT2D eigenvalue weighted by Crippen LogP contribution is -2.36. The average molecular weight is 453 g/mol. The number of ether oxygens (including phenoxy) is 1. The molecule has 4 aromatic rings. The third kappa shape index (κ3) is 4.58. The summed E-state index contributed by atoms with van der Waals surface area (Å²) in [5, 5.41) is 17.2. The van der Waals surface area contributed by atoms with E-state index >= 15 is 0 Å². The minimum atomic E-state index is 0.480. The third-order valence-electron chi connectivity index (χ3n) is 5.62. The fraction of sp³-hybridized carbons (Fsp3) is 0.240. The molecule has 1 N–H and O–H groups in total. The molecule has 0 spiro atoms. The van der Waals surface area contributed by atoms with Gasteiger partial charge >= 0.3 is 0 Å². The van der Waals surface area contributed by atoms with Crippen LogP contribution in [0.15, 0.2) is 54.7 Å². The van der Waals surface area contributed by atoms with Gasteiger partial charge in [0.1, 0.15) is 11.6 Å². The lowest BCUT2D eigenvalue weighted by molar-refractivity contribution is 0.122. The van der Waals surface area contributed by atoms with Gasteiger partial charge in [0.2, 0.25) is 5.95 Å². The number of benzene rings is 2. The third-order valence-corrected chi connectivity index (χ3v) is 5.62. The molecule has 3 heterocycles. The number of nitrogens with one attached hydrogen (secondary N) is 1. The molecule has 170 valence electrons. The van der Waals surface area contributed by atoms with Crippen LogP contribution < -0.4 is 10.2 Å². The minimum absolute atomic E-state index is 0.480. The van der Waals surface area contributed by atoms with Gasteiger partial charge in [-0.15, -0.1) is 0 Å². The van der Waals surface area contributed by atoms with Gasteiger partial charge in [-0.2, -0.15) is 10.4 Å². The Hall–Kier alpha value is -4.29. The molecule has 0 atom stereocenters. The second-order valence-electron chi connectivity index (χ2n) is 8.04. The van der Waals surface area contributed by atoms with Crippen LogP contribution in [-0.4, -0.2) is 51.0 Å². The Kier molecular flexibility index (Phi) is 5.89. The van der Waals surface area contributed by atoms with Crippen LogP contribution in [-0.2, 0) is 4.74 Å². The van der Waals surface area contributed by atoms with Gasteiger partial charge < -0.3 is 15.0 Å². The van der Waals surface area contributed by atoms with E-state index in [0.29, 0.717) is 24.7 Å². The predicted molar refractivity (Wildman–Crippen MR) is 129 cm³/mol. The van der Waals surface area contributed by atoms with Crippen LogP contribution in [0.2, 0.25) is 0 Å². The Morgan fingerprint density at radius 1 is 0.971 bits per heavy atom. The van der Waals surface area contributed by atoms with Gasteiger partial charge in [-0.3, -0.25) is 0 Å². The molecular formula is C25H24N8O. The number of morpholine rings is 1. The molecule has 2 aromatic heterocycles. The van der Waals surface area contributed by atoms with Crippen LogP contribution in [0.1, 0.15) is 17.2 Å². The molecule has 0 saturated carbocycles. The van der Waals surface area contributed by atoms with Crippen molar-refractivity contribution < 1.29 is 4.74 Å². The molecule has 0 unspecified atom stereocenters. The molecule has 34 heavy (non-hydrogen) atoms. The SMILES string of the molecule is Cc1nc(C)n(-c2ccc(Nc3nccc(-c4cc(C#N)cc(N5CCOCC5)c4)n3)cc2)n1. The number of aromatic nitrogens is 5. The maximum atomic E-state index is 9.56. The molecule has 9 nitrogen and oxygen atoms in total. The van der Waals surface area contributed by atoms with Gasteiger partial charge in [0.05, 0.1) is 36.2 Å². The van der Waals surface area contributed by atoms with Crippen molar-refractivity contribution >= 4 is 17.3 Å². The normalized spacial score (nSPS) is 13.5. The molecule has 1 aliphatic rings. The van der Waals surface area contributed by atoms with Gasteiger partial charge in [0, 0.05) is 36.2 Å². The summed E-state index contributed by atoms with van der Waals surface area (Å²) < 4.78 is 7.27.